The number of fused-ring (bicyclic) bond motifs is 1. The van der Waals surface area contributed by atoms with Crippen molar-refractivity contribution in [3.8, 4) is 0 Å². The molecule has 10 heteroatoms. The molecule has 1 aromatic rings. The molecule has 0 aromatic heterocycles. The average molecular weight is 351 g/mol. The first kappa shape index (κ1) is 19.8. The van der Waals surface area contributed by atoms with Crippen molar-refractivity contribution >= 4 is 63.0 Å². The third-order valence-corrected chi connectivity index (χ3v) is 3.74. The average Bonchev–Trinajstić information content (AvgIpc) is 2.62. The molecule has 0 radical (unpaired) electrons. The molecular weight excluding hydrogens is 337 g/mol. The number of ketones is 1. The Morgan fingerprint density at radius 1 is 1.30 bits per heavy atom. The van der Waals surface area contributed by atoms with E-state index < -0.39 is 39.2 Å². The summed E-state index contributed by atoms with van der Waals surface area (Å²) in [4.78, 5) is 35.8. The third-order valence-electron chi connectivity index (χ3n) is 2.90. The zero-order valence-corrected chi connectivity index (χ0v) is 12.6. The van der Waals surface area contributed by atoms with Crippen molar-refractivity contribution in [2.75, 3.05) is 11.4 Å². The van der Waals surface area contributed by atoms with Gasteiger partial charge < -0.3 is 4.74 Å². The molecule has 0 atom stereocenters. The van der Waals surface area contributed by atoms with Crippen molar-refractivity contribution in [3.05, 3.63) is 23.8 Å². The monoisotopic (exact) mass is 351 g/mol. The van der Waals surface area contributed by atoms with Crippen LogP contribution in [0.25, 0.3) is 0 Å². The number of benzene rings is 1. The molecule has 1 N–H and O–H groups in total. The van der Waals surface area contributed by atoms with Gasteiger partial charge in [-0.2, -0.15) is 8.42 Å². The van der Waals surface area contributed by atoms with Crippen molar-refractivity contribution < 1.29 is 32.1 Å². The fourth-order valence-electron chi connectivity index (χ4n) is 2.03. The van der Waals surface area contributed by atoms with Crippen LogP contribution in [0.2, 0.25) is 0 Å². The van der Waals surface area contributed by atoms with Gasteiger partial charge in [-0.3, -0.25) is 23.8 Å². The van der Waals surface area contributed by atoms with Crippen LogP contribution in [0.3, 0.4) is 0 Å². The topological polar surface area (TPSA) is 118 Å². The molecule has 1 heterocycles. The molecule has 0 aliphatic carbocycles. The molecule has 0 saturated heterocycles. The van der Waals surface area contributed by atoms with E-state index in [-0.39, 0.29) is 46.9 Å². The summed E-state index contributed by atoms with van der Waals surface area (Å²) >= 11 is 0. The number of amides is 1. The summed E-state index contributed by atoms with van der Waals surface area (Å²) in [5.74, 6) is -2.59. The summed E-state index contributed by atoms with van der Waals surface area (Å²) < 4.78 is 36.0. The number of esters is 1. The van der Waals surface area contributed by atoms with Crippen LogP contribution in [-0.4, -0.2) is 72.8 Å². The van der Waals surface area contributed by atoms with E-state index in [9.17, 15) is 22.8 Å². The van der Waals surface area contributed by atoms with Crippen LogP contribution in [0.15, 0.2) is 23.1 Å². The molecule has 1 aliphatic heterocycles. The van der Waals surface area contributed by atoms with Crippen LogP contribution in [0, 0.1) is 0 Å². The van der Waals surface area contributed by atoms with E-state index in [0.717, 1.165) is 17.0 Å². The number of ether oxygens (including phenoxy) is 1. The van der Waals surface area contributed by atoms with Gasteiger partial charge in [0.2, 0.25) is 0 Å². The summed E-state index contributed by atoms with van der Waals surface area (Å²) in [7, 11) is -4.50. The van der Waals surface area contributed by atoms with Crippen LogP contribution >= 0.6 is 0 Å². The predicted octanol–water partition coefficient (Wildman–Crippen LogP) is -0.234. The van der Waals surface area contributed by atoms with E-state index in [0.29, 0.717) is 0 Å². The van der Waals surface area contributed by atoms with Gasteiger partial charge in [-0.05, 0) is 32.0 Å². The van der Waals surface area contributed by atoms with Crippen LogP contribution in [-0.2, 0) is 24.4 Å². The Hall–Kier alpha value is -1.26. The quantitative estimate of drug-likeness (QED) is 0.344. The Bertz CT molecular complexity index is 773. The number of rotatable bonds is 4. The summed E-state index contributed by atoms with van der Waals surface area (Å²) in [6.45, 7) is 2.82. The van der Waals surface area contributed by atoms with Gasteiger partial charge in [-0.15, -0.1) is 0 Å². The van der Waals surface area contributed by atoms with Crippen LogP contribution in [0.1, 0.15) is 24.2 Å². The Labute approximate surface area is 154 Å². The van der Waals surface area contributed by atoms with Crippen molar-refractivity contribution in [2.45, 2.75) is 24.8 Å². The predicted molar refractivity (Wildman–Crippen MR) is 81.3 cm³/mol. The molecular formula is C13H14NNaO7S. The van der Waals surface area contributed by atoms with Crippen molar-refractivity contribution in [1.29, 1.82) is 0 Å². The number of hydrogen-bond acceptors (Lipinski definition) is 6. The molecule has 0 fully saturated rings. The molecule has 0 saturated carbocycles. The first-order valence-corrected chi connectivity index (χ1v) is 7.72. The zero-order valence-electron chi connectivity index (χ0n) is 11.8. The zero-order chi connectivity index (χ0) is 16.7. The van der Waals surface area contributed by atoms with Crippen LogP contribution < -0.4 is 4.90 Å². The van der Waals surface area contributed by atoms with Gasteiger partial charge in [-0.25, -0.2) is 0 Å². The Morgan fingerprint density at radius 2 is 1.91 bits per heavy atom. The van der Waals surface area contributed by atoms with E-state index >= 15 is 0 Å². The summed E-state index contributed by atoms with van der Waals surface area (Å²) in [5, 5.41) is 0. The second-order valence-corrected chi connectivity index (χ2v) is 6.33. The fraction of sp³-hybridized carbons (Fsp3) is 0.308. The summed E-state index contributed by atoms with van der Waals surface area (Å²) in [6, 6.07) is 3.13. The Kier molecular flexibility index (Phi) is 6.11. The number of carbonyl (C=O) groups is 3. The standard InChI is InChI=1S/C13H13NO7S.Na.H/c1-7(2)21-11(15)6-14-10-4-3-8(22(18,19)20)5-9(10)12(16)13(14)17;;/h3-5,7H,6H2,1-2H3,(H,18,19,20);;. The van der Waals surface area contributed by atoms with Gasteiger partial charge in [0.15, 0.2) is 0 Å². The van der Waals surface area contributed by atoms with E-state index in [1.54, 1.807) is 13.8 Å². The molecule has 1 aliphatic rings. The molecule has 0 bridgehead atoms. The molecule has 23 heavy (non-hydrogen) atoms. The SMILES string of the molecule is CC(C)OC(=O)CN1C(=O)C(=O)c2cc(S(=O)(=O)O)ccc21.[NaH]. The summed E-state index contributed by atoms with van der Waals surface area (Å²) in [6.07, 6.45) is -0.373. The molecule has 0 spiro atoms. The van der Waals surface area contributed by atoms with E-state index in [2.05, 4.69) is 0 Å². The molecule has 120 valence electrons. The van der Waals surface area contributed by atoms with Gasteiger partial charge in [0.1, 0.15) is 6.54 Å². The fourth-order valence-corrected chi connectivity index (χ4v) is 2.53. The molecule has 1 amide bonds. The maximum atomic E-state index is 11.9. The van der Waals surface area contributed by atoms with Crippen molar-refractivity contribution in [2.24, 2.45) is 0 Å². The molecule has 0 unspecified atom stereocenters. The number of nitrogens with zero attached hydrogens (tertiary/aromatic N) is 1. The number of hydrogen-bond donors (Lipinski definition) is 1. The van der Waals surface area contributed by atoms with Gasteiger partial charge in [-0.1, -0.05) is 0 Å². The molecule has 1 aromatic carbocycles. The van der Waals surface area contributed by atoms with E-state index in [1.165, 1.54) is 6.07 Å². The second-order valence-electron chi connectivity index (χ2n) is 4.91. The second kappa shape index (κ2) is 7.10. The first-order chi connectivity index (χ1) is 10.1. The number of Topliss-reactive ketones (excluding diaryl/α,β-unsaturated/α-hetero) is 1. The van der Waals surface area contributed by atoms with Crippen LogP contribution in [0.4, 0.5) is 5.69 Å². The van der Waals surface area contributed by atoms with Gasteiger partial charge in [0, 0.05) is 0 Å². The van der Waals surface area contributed by atoms with Gasteiger partial charge in [0.25, 0.3) is 21.8 Å². The third kappa shape index (κ3) is 4.18. The maximum absolute atomic E-state index is 11.9. The minimum absolute atomic E-state index is 0. The Balaban J connectivity index is 0.00000264. The minimum atomic E-state index is -4.50. The van der Waals surface area contributed by atoms with Crippen LogP contribution in [0.5, 0.6) is 0 Å². The number of anilines is 1. The molecule has 8 nitrogen and oxygen atoms in total. The first-order valence-electron chi connectivity index (χ1n) is 6.28. The Morgan fingerprint density at radius 3 is 2.43 bits per heavy atom. The van der Waals surface area contributed by atoms with E-state index in [4.69, 9.17) is 9.29 Å². The number of carbonyl (C=O) groups excluding carboxylic acids is 3. The van der Waals surface area contributed by atoms with Crippen molar-refractivity contribution in [1.82, 2.24) is 0 Å². The summed E-state index contributed by atoms with van der Waals surface area (Å²) in [5.41, 5.74) is -0.0828. The van der Waals surface area contributed by atoms with E-state index in [1.807, 2.05) is 0 Å². The van der Waals surface area contributed by atoms with Crippen molar-refractivity contribution in [3.63, 3.8) is 0 Å². The molecule has 2 rings (SSSR count). The van der Waals surface area contributed by atoms with Gasteiger partial charge >= 0.3 is 35.5 Å². The normalized spacial score (nSPS) is 13.8. The van der Waals surface area contributed by atoms with Gasteiger partial charge in [0.05, 0.1) is 22.3 Å².